The van der Waals surface area contributed by atoms with Crippen LogP contribution in [0.5, 0.6) is 0 Å². The molecule has 0 saturated heterocycles. The number of fused-ring (bicyclic) bond motifs is 1. The number of hydrogen-bond donors (Lipinski definition) is 1. The molecule has 0 unspecified atom stereocenters. The van der Waals surface area contributed by atoms with Crippen LogP contribution < -0.4 is 5.32 Å². The monoisotopic (exact) mass is 333 g/mol. The van der Waals surface area contributed by atoms with Crippen LogP contribution in [0.1, 0.15) is 18.4 Å². The molecule has 0 bridgehead atoms. The zero-order valence-electron chi connectivity index (χ0n) is 13.1. The van der Waals surface area contributed by atoms with Crippen LogP contribution in [0.4, 0.5) is 0 Å². The molecule has 1 amide bonds. The third kappa shape index (κ3) is 3.20. The molecular weight excluding hydrogens is 314 g/mol. The van der Waals surface area contributed by atoms with Crippen LogP contribution in [-0.4, -0.2) is 43.2 Å². The first kappa shape index (κ1) is 15.9. The third-order valence-electron chi connectivity index (χ3n) is 3.90. The van der Waals surface area contributed by atoms with Gasteiger partial charge < -0.3 is 5.32 Å². The second-order valence-electron chi connectivity index (χ2n) is 5.89. The fraction of sp³-hybridized carbons (Fsp3) is 0.375. The number of amides is 1. The van der Waals surface area contributed by atoms with Crippen molar-refractivity contribution in [1.29, 1.82) is 0 Å². The largest absolute Gasteiger partial charge is 0.352 e. The molecule has 1 heterocycles. The van der Waals surface area contributed by atoms with E-state index >= 15 is 0 Å². The summed E-state index contributed by atoms with van der Waals surface area (Å²) in [5.74, 6) is -0.274. The summed E-state index contributed by atoms with van der Waals surface area (Å²) in [6.45, 7) is 1.54. The number of sulfonamides is 1. The molecule has 1 aromatic heterocycles. The van der Waals surface area contributed by atoms with E-state index in [-0.39, 0.29) is 23.4 Å². The van der Waals surface area contributed by atoms with Gasteiger partial charge in [-0.3, -0.25) is 9.78 Å². The summed E-state index contributed by atoms with van der Waals surface area (Å²) in [6.07, 6.45) is 3.50. The second kappa shape index (κ2) is 5.90. The van der Waals surface area contributed by atoms with Crippen LogP contribution in [0.2, 0.25) is 0 Å². The van der Waals surface area contributed by atoms with Gasteiger partial charge in [0.15, 0.2) is 0 Å². The Labute approximate surface area is 135 Å². The van der Waals surface area contributed by atoms with Gasteiger partial charge in [-0.25, -0.2) is 8.42 Å². The Hall–Kier alpha value is -1.99. The molecule has 0 radical (unpaired) electrons. The number of likely N-dealkylation sites (N-methyl/N-ethyl adjacent to an activating group) is 1. The summed E-state index contributed by atoms with van der Waals surface area (Å²) in [4.78, 5) is 16.3. The minimum atomic E-state index is -3.80. The smallest absolute Gasteiger partial charge is 0.245 e. The maximum Gasteiger partial charge on any atom is 0.245 e. The molecular formula is C16H19N3O3S. The quantitative estimate of drug-likeness (QED) is 0.898. The zero-order chi connectivity index (χ0) is 16.6. The van der Waals surface area contributed by atoms with Crippen molar-refractivity contribution < 1.29 is 13.2 Å². The van der Waals surface area contributed by atoms with E-state index in [1.165, 1.54) is 7.05 Å². The lowest BCUT2D eigenvalue weighted by Gasteiger charge is -2.19. The molecule has 0 atom stereocenters. The van der Waals surface area contributed by atoms with Gasteiger partial charge in [0, 0.05) is 24.7 Å². The van der Waals surface area contributed by atoms with Crippen molar-refractivity contribution in [3.63, 3.8) is 0 Å². The molecule has 0 spiro atoms. The van der Waals surface area contributed by atoms with Crippen LogP contribution in [0.3, 0.4) is 0 Å². The summed E-state index contributed by atoms with van der Waals surface area (Å²) in [5.41, 5.74) is 1.05. The van der Waals surface area contributed by atoms with E-state index in [9.17, 15) is 13.2 Å². The molecule has 1 aliphatic carbocycles. The average Bonchev–Trinajstić information content (AvgIpc) is 3.30. The molecule has 23 heavy (non-hydrogen) atoms. The molecule has 6 nitrogen and oxygen atoms in total. The van der Waals surface area contributed by atoms with Gasteiger partial charge in [-0.2, -0.15) is 4.31 Å². The van der Waals surface area contributed by atoms with E-state index in [1.54, 1.807) is 25.3 Å². The van der Waals surface area contributed by atoms with E-state index < -0.39 is 10.0 Å². The molecule has 0 aliphatic heterocycles. The van der Waals surface area contributed by atoms with Crippen molar-refractivity contribution in [3.05, 3.63) is 36.0 Å². The number of hydrogen-bond acceptors (Lipinski definition) is 4. The molecule has 1 aromatic carbocycles. The number of aryl methyl sites for hydroxylation is 1. The van der Waals surface area contributed by atoms with E-state index in [1.807, 2.05) is 12.1 Å². The molecule has 1 N–H and O–H groups in total. The minimum Gasteiger partial charge on any atom is -0.352 e. The Balaban J connectivity index is 1.95. The zero-order valence-corrected chi connectivity index (χ0v) is 13.9. The normalized spacial score (nSPS) is 15.1. The van der Waals surface area contributed by atoms with Gasteiger partial charge in [0.05, 0.1) is 12.1 Å². The molecule has 3 rings (SSSR count). The van der Waals surface area contributed by atoms with Crippen molar-refractivity contribution in [2.75, 3.05) is 13.6 Å². The minimum absolute atomic E-state index is 0.164. The maximum absolute atomic E-state index is 12.9. The number of rotatable bonds is 5. The summed E-state index contributed by atoms with van der Waals surface area (Å²) in [6, 6.07) is 7.40. The number of pyridine rings is 1. The molecule has 2 aromatic rings. The van der Waals surface area contributed by atoms with Gasteiger partial charge in [0.2, 0.25) is 15.9 Å². The number of carbonyl (C=O) groups excluding carboxylic acids is 1. The lowest BCUT2D eigenvalue weighted by Crippen LogP contribution is -2.39. The van der Waals surface area contributed by atoms with Crippen molar-refractivity contribution in [2.45, 2.75) is 30.7 Å². The van der Waals surface area contributed by atoms with Gasteiger partial charge >= 0.3 is 0 Å². The van der Waals surface area contributed by atoms with Crippen molar-refractivity contribution in [2.24, 2.45) is 0 Å². The highest BCUT2D eigenvalue weighted by molar-refractivity contribution is 7.89. The first-order valence-electron chi connectivity index (χ1n) is 7.49. The Morgan fingerprint density at radius 1 is 1.35 bits per heavy atom. The Morgan fingerprint density at radius 3 is 2.78 bits per heavy atom. The Morgan fingerprint density at radius 2 is 2.09 bits per heavy atom. The summed E-state index contributed by atoms with van der Waals surface area (Å²) in [5, 5.41) is 3.56. The van der Waals surface area contributed by atoms with E-state index in [2.05, 4.69) is 10.3 Å². The topological polar surface area (TPSA) is 79.4 Å². The SMILES string of the molecule is Cc1ccc2cccnc2c1S(=O)(=O)N(C)CC(=O)NC1CC1. The van der Waals surface area contributed by atoms with E-state index in [4.69, 9.17) is 0 Å². The fourth-order valence-corrected chi connectivity index (χ4v) is 3.98. The van der Waals surface area contributed by atoms with Crippen LogP contribution in [0.15, 0.2) is 35.4 Å². The first-order chi connectivity index (χ1) is 10.9. The molecule has 1 fully saturated rings. The third-order valence-corrected chi connectivity index (χ3v) is 5.88. The highest BCUT2D eigenvalue weighted by Crippen LogP contribution is 2.27. The summed E-state index contributed by atoms with van der Waals surface area (Å²) >= 11 is 0. The lowest BCUT2D eigenvalue weighted by atomic mass is 10.1. The predicted molar refractivity (Wildman–Crippen MR) is 87.5 cm³/mol. The average molecular weight is 333 g/mol. The van der Waals surface area contributed by atoms with Gasteiger partial charge in [0.1, 0.15) is 4.90 Å². The number of carbonyl (C=O) groups is 1. The summed E-state index contributed by atoms with van der Waals surface area (Å²) < 4.78 is 26.9. The van der Waals surface area contributed by atoms with Gasteiger partial charge in [-0.15, -0.1) is 0 Å². The first-order valence-corrected chi connectivity index (χ1v) is 8.93. The van der Waals surface area contributed by atoms with Crippen LogP contribution in [0, 0.1) is 6.92 Å². The maximum atomic E-state index is 12.9. The molecule has 1 aliphatic rings. The highest BCUT2D eigenvalue weighted by Gasteiger charge is 2.29. The van der Waals surface area contributed by atoms with E-state index in [0.29, 0.717) is 11.1 Å². The predicted octanol–water partition coefficient (Wildman–Crippen LogP) is 1.44. The molecule has 7 heteroatoms. The molecule has 122 valence electrons. The fourth-order valence-electron chi connectivity index (χ4n) is 2.49. The summed E-state index contributed by atoms with van der Waals surface area (Å²) in [7, 11) is -2.38. The van der Waals surface area contributed by atoms with Crippen molar-refractivity contribution in [1.82, 2.24) is 14.6 Å². The van der Waals surface area contributed by atoms with Gasteiger partial charge in [-0.05, 0) is 31.4 Å². The number of nitrogens with zero attached hydrogens (tertiary/aromatic N) is 2. The Kier molecular flexibility index (Phi) is 4.08. The van der Waals surface area contributed by atoms with E-state index in [0.717, 1.165) is 22.5 Å². The Bertz CT molecular complexity index is 860. The van der Waals surface area contributed by atoms with Crippen molar-refractivity contribution >= 4 is 26.8 Å². The number of aromatic nitrogens is 1. The van der Waals surface area contributed by atoms with Crippen LogP contribution in [-0.2, 0) is 14.8 Å². The number of benzene rings is 1. The number of nitrogens with one attached hydrogen (secondary N) is 1. The molecule has 1 saturated carbocycles. The highest BCUT2D eigenvalue weighted by atomic mass is 32.2. The van der Waals surface area contributed by atoms with Crippen LogP contribution >= 0.6 is 0 Å². The van der Waals surface area contributed by atoms with Crippen molar-refractivity contribution in [3.8, 4) is 0 Å². The second-order valence-corrected chi connectivity index (χ2v) is 7.87. The standard InChI is InChI=1S/C16H19N3O3S/c1-11-5-6-12-4-3-9-17-15(12)16(11)23(21,22)19(2)10-14(20)18-13-7-8-13/h3-6,9,13H,7-8,10H2,1-2H3,(H,18,20). The van der Waals surface area contributed by atoms with Gasteiger partial charge in [-0.1, -0.05) is 18.2 Å². The van der Waals surface area contributed by atoms with Gasteiger partial charge in [0.25, 0.3) is 0 Å². The van der Waals surface area contributed by atoms with Crippen LogP contribution in [0.25, 0.3) is 10.9 Å². The lowest BCUT2D eigenvalue weighted by molar-refractivity contribution is -0.121.